The van der Waals surface area contributed by atoms with Gasteiger partial charge in [0.2, 0.25) is 5.91 Å². The molecule has 152 valence electrons. The summed E-state index contributed by atoms with van der Waals surface area (Å²) in [5, 5.41) is 0. The molecule has 4 heteroatoms. The lowest BCUT2D eigenvalue weighted by Crippen LogP contribution is -2.40. The van der Waals surface area contributed by atoms with E-state index in [4.69, 9.17) is 0 Å². The molecule has 3 aliphatic heterocycles. The van der Waals surface area contributed by atoms with E-state index in [1.54, 1.807) is 0 Å². The minimum absolute atomic E-state index is 0.0603. The third-order valence-electron chi connectivity index (χ3n) is 7.05. The highest BCUT2D eigenvalue weighted by Gasteiger charge is 2.40. The van der Waals surface area contributed by atoms with Gasteiger partial charge in [-0.2, -0.15) is 0 Å². The summed E-state index contributed by atoms with van der Waals surface area (Å²) in [5.41, 5.74) is 9.55. The molecule has 0 saturated carbocycles. The van der Waals surface area contributed by atoms with Gasteiger partial charge < -0.3 is 9.88 Å². The molecule has 3 aliphatic rings. The summed E-state index contributed by atoms with van der Waals surface area (Å²) in [6.45, 7) is 10.7. The third-order valence-corrected chi connectivity index (χ3v) is 7.05. The molecule has 0 unspecified atom stereocenters. The summed E-state index contributed by atoms with van der Waals surface area (Å²) in [6.07, 6.45) is 10.4. The molecule has 0 aliphatic carbocycles. The van der Waals surface area contributed by atoms with E-state index in [0.717, 1.165) is 45.4 Å². The number of benzene rings is 1. The molecule has 1 aromatic carbocycles. The van der Waals surface area contributed by atoms with Crippen molar-refractivity contribution in [3.63, 3.8) is 0 Å². The average molecular weight is 390 g/mol. The van der Waals surface area contributed by atoms with E-state index in [0.29, 0.717) is 12.3 Å². The molecular weight excluding hydrogens is 358 g/mol. The third kappa shape index (κ3) is 3.24. The smallest absolute Gasteiger partial charge is 0.227 e. The van der Waals surface area contributed by atoms with Gasteiger partial charge in [0.05, 0.1) is 5.69 Å². The fourth-order valence-corrected chi connectivity index (χ4v) is 5.33. The number of aromatic amines is 1. The molecule has 29 heavy (non-hydrogen) atoms. The first-order valence-electron chi connectivity index (χ1n) is 10.9. The Morgan fingerprint density at radius 3 is 2.72 bits per heavy atom. The van der Waals surface area contributed by atoms with Crippen LogP contribution in [0.2, 0.25) is 0 Å². The second-order valence-electron chi connectivity index (χ2n) is 9.59. The molecule has 4 nitrogen and oxygen atoms in total. The summed E-state index contributed by atoms with van der Waals surface area (Å²) < 4.78 is 0. The van der Waals surface area contributed by atoms with Gasteiger partial charge >= 0.3 is 0 Å². The van der Waals surface area contributed by atoms with Gasteiger partial charge in [0, 0.05) is 50.4 Å². The van der Waals surface area contributed by atoms with Gasteiger partial charge in [0.25, 0.3) is 0 Å². The standard InChI is InChI=1S/C25H31N3O/c1-17-15-26-16-21(17)19-5-9-27(10-6-19)8-4-18-12-20-7-11-28-23(29)14-25(2,3)22(13-18)24(20)28/h5,12-13,15-16,26H,4,6-11,14H2,1-3H3. The van der Waals surface area contributed by atoms with Crippen molar-refractivity contribution in [1.82, 2.24) is 9.88 Å². The highest BCUT2D eigenvalue weighted by molar-refractivity contribution is 6.00. The number of carbonyl (C=O) groups excluding carboxylic acids is 1. The summed E-state index contributed by atoms with van der Waals surface area (Å²) >= 11 is 0. The van der Waals surface area contributed by atoms with Crippen LogP contribution in [0.15, 0.2) is 30.6 Å². The molecule has 0 radical (unpaired) electrons. The van der Waals surface area contributed by atoms with Crippen molar-refractivity contribution in [2.45, 2.75) is 51.9 Å². The van der Waals surface area contributed by atoms with Crippen LogP contribution >= 0.6 is 0 Å². The van der Waals surface area contributed by atoms with Crippen molar-refractivity contribution in [2.75, 3.05) is 31.1 Å². The van der Waals surface area contributed by atoms with E-state index in [2.05, 4.69) is 61.3 Å². The van der Waals surface area contributed by atoms with E-state index < -0.39 is 0 Å². The lowest BCUT2D eigenvalue weighted by Gasteiger charge is -2.37. The number of nitrogens with one attached hydrogen (secondary N) is 1. The molecular formula is C25H31N3O. The predicted octanol–water partition coefficient (Wildman–Crippen LogP) is 4.23. The molecule has 5 rings (SSSR count). The Morgan fingerprint density at radius 1 is 1.14 bits per heavy atom. The minimum atomic E-state index is -0.0603. The fraction of sp³-hybridized carbons (Fsp3) is 0.480. The van der Waals surface area contributed by atoms with Gasteiger partial charge in [0.1, 0.15) is 0 Å². The molecule has 1 N–H and O–H groups in total. The first-order chi connectivity index (χ1) is 13.9. The monoisotopic (exact) mass is 389 g/mol. The summed E-state index contributed by atoms with van der Waals surface area (Å²) in [7, 11) is 0. The Hall–Kier alpha value is -2.33. The normalized spacial score (nSPS) is 20.7. The van der Waals surface area contributed by atoms with Gasteiger partial charge in [-0.1, -0.05) is 32.1 Å². The summed E-state index contributed by atoms with van der Waals surface area (Å²) in [5.74, 6) is 0.294. The Balaban J connectivity index is 1.30. The van der Waals surface area contributed by atoms with Crippen LogP contribution in [0, 0.1) is 6.92 Å². The minimum Gasteiger partial charge on any atom is -0.367 e. The van der Waals surface area contributed by atoms with Crippen LogP contribution in [-0.2, 0) is 23.1 Å². The molecule has 4 heterocycles. The number of carbonyl (C=O) groups is 1. The average Bonchev–Trinajstić information content (AvgIpc) is 3.31. The van der Waals surface area contributed by atoms with Gasteiger partial charge in [-0.3, -0.25) is 9.69 Å². The SMILES string of the molecule is Cc1c[nH]cc1C1=CCN(CCc2cc3c4c(c2)C(C)(C)CC(=O)N4CC3)CC1. The van der Waals surface area contributed by atoms with Crippen LogP contribution in [0.4, 0.5) is 5.69 Å². The van der Waals surface area contributed by atoms with E-state index in [-0.39, 0.29) is 5.41 Å². The van der Waals surface area contributed by atoms with Crippen LogP contribution in [0.3, 0.4) is 0 Å². The lowest BCUT2D eigenvalue weighted by atomic mass is 9.76. The first kappa shape index (κ1) is 18.7. The first-order valence-corrected chi connectivity index (χ1v) is 10.9. The zero-order valence-electron chi connectivity index (χ0n) is 17.8. The maximum Gasteiger partial charge on any atom is 0.227 e. The van der Waals surface area contributed by atoms with Crippen LogP contribution in [0.1, 0.15) is 54.5 Å². The van der Waals surface area contributed by atoms with Gasteiger partial charge in [-0.15, -0.1) is 0 Å². The Morgan fingerprint density at radius 2 is 2.00 bits per heavy atom. The quantitative estimate of drug-likeness (QED) is 0.850. The molecule has 0 saturated heterocycles. The maximum atomic E-state index is 12.5. The number of aromatic nitrogens is 1. The second kappa shape index (κ2) is 6.88. The highest BCUT2D eigenvalue weighted by Crippen LogP contribution is 2.45. The van der Waals surface area contributed by atoms with Crippen LogP contribution < -0.4 is 4.90 Å². The van der Waals surface area contributed by atoms with E-state index in [1.807, 2.05) is 4.90 Å². The van der Waals surface area contributed by atoms with Crippen molar-refractivity contribution in [3.05, 3.63) is 58.4 Å². The zero-order valence-corrected chi connectivity index (χ0v) is 17.8. The summed E-state index contributed by atoms with van der Waals surface area (Å²) in [6, 6.07) is 4.75. The molecule has 2 aromatic rings. The molecule has 0 spiro atoms. The van der Waals surface area contributed by atoms with E-state index in [9.17, 15) is 4.79 Å². The van der Waals surface area contributed by atoms with Crippen molar-refractivity contribution in [3.8, 4) is 0 Å². The number of hydrogen-bond donors (Lipinski definition) is 1. The van der Waals surface area contributed by atoms with Gasteiger partial charge in [-0.25, -0.2) is 0 Å². The van der Waals surface area contributed by atoms with Crippen molar-refractivity contribution >= 4 is 17.2 Å². The topological polar surface area (TPSA) is 39.3 Å². The number of anilines is 1. The lowest BCUT2D eigenvalue weighted by molar-refractivity contribution is -0.120. The van der Waals surface area contributed by atoms with E-state index in [1.165, 1.54) is 39.1 Å². The number of H-pyrrole nitrogens is 1. The molecule has 0 atom stereocenters. The number of rotatable bonds is 4. The van der Waals surface area contributed by atoms with Crippen LogP contribution in [-0.4, -0.2) is 42.0 Å². The molecule has 0 bridgehead atoms. The zero-order chi connectivity index (χ0) is 20.2. The molecule has 1 aromatic heterocycles. The molecule has 1 amide bonds. The van der Waals surface area contributed by atoms with Crippen LogP contribution in [0.5, 0.6) is 0 Å². The highest BCUT2D eigenvalue weighted by atomic mass is 16.2. The van der Waals surface area contributed by atoms with Gasteiger partial charge in [-0.05, 0) is 59.6 Å². The van der Waals surface area contributed by atoms with Gasteiger partial charge in [0.15, 0.2) is 0 Å². The fourth-order valence-electron chi connectivity index (χ4n) is 5.33. The summed E-state index contributed by atoms with van der Waals surface area (Å²) in [4.78, 5) is 20.3. The van der Waals surface area contributed by atoms with Crippen molar-refractivity contribution < 1.29 is 4.79 Å². The predicted molar refractivity (Wildman–Crippen MR) is 118 cm³/mol. The number of nitrogens with zero attached hydrogens (tertiary/aromatic N) is 2. The second-order valence-corrected chi connectivity index (χ2v) is 9.59. The Labute approximate surface area is 173 Å². The van der Waals surface area contributed by atoms with Crippen molar-refractivity contribution in [1.29, 1.82) is 0 Å². The maximum absolute atomic E-state index is 12.5. The number of amides is 1. The number of aryl methyl sites for hydroxylation is 1. The number of hydrogen-bond acceptors (Lipinski definition) is 2. The Bertz CT molecular complexity index is 997. The Kier molecular flexibility index (Phi) is 4.43. The largest absolute Gasteiger partial charge is 0.367 e. The molecule has 0 fully saturated rings. The van der Waals surface area contributed by atoms with E-state index >= 15 is 0 Å². The van der Waals surface area contributed by atoms with Crippen LogP contribution in [0.25, 0.3) is 5.57 Å². The van der Waals surface area contributed by atoms with Crippen molar-refractivity contribution in [2.24, 2.45) is 0 Å².